The zero-order valence-corrected chi connectivity index (χ0v) is 11.4. The molecule has 2 heterocycles. The van der Waals surface area contributed by atoms with Crippen molar-refractivity contribution in [3.8, 4) is 10.6 Å². The van der Waals surface area contributed by atoms with E-state index < -0.39 is 0 Å². The molecule has 2 aromatic heterocycles. The molecule has 0 saturated carbocycles. The van der Waals surface area contributed by atoms with Gasteiger partial charge < -0.3 is 11.1 Å². The summed E-state index contributed by atoms with van der Waals surface area (Å²) < 4.78 is 4.17. The van der Waals surface area contributed by atoms with Gasteiger partial charge in [0.1, 0.15) is 15.8 Å². The third-order valence-electron chi connectivity index (χ3n) is 2.10. The molecule has 6 heteroatoms. The van der Waals surface area contributed by atoms with Gasteiger partial charge in [-0.2, -0.15) is 4.37 Å². The van der Waals surface area contributed by atoms with Crippen LogP contribution in [0.1, 0.15) is 12.6 Å². The van der Waals surface area contributed by atoms with Crippen LogP contribution in [0.25, 0.3) is 10.6 Å². The van der Waals surface area contributed by atoms with Crippen LogP contribution in [0.3, 0.4) is 0 Å². The fourth-order valence-corrected chi connectivity index (χ4v) is 2.96. The van der Waals surface area contributed by atoms with Gasteiger partial charge >= 0.3 is 0 Å². The highest BCUT2D eigenvalue weighted by atomic mass is 32.1. The summed E-state index contributed by atoms with van der Waals surface area (Å²) in [7, 11) is 0. The number of aryl methyl sites for hydroxylation is 1. The molecule has 2 rings (SSSR count). The fraction of sp³-hybridized carbons (Fsp3) is 0.273. The third-order valence-corrected chi connectivity index (χ3v) is 3.90. The Balaban J connectivity index is 2.32. The number of thiazole rings is 1. The lowest BCUT2D eigenvalue weighted by Gasteiger charge is -2.04. The van der Waals surface area contributed by atoms with Crippen molar-refractivity contribution in [2.75, 3.05) is 17.6 Å². The van der Waals surface area contributed by atoms with Gasteiger partial charge in [0, 0.05) is 17.6 Å². The number of nitrogens with two attached hydrogens (primary N) is 1. The van der Waals surface area contributed by atoms with E-state index in [0.29, 0.717) is 5.82 Å². The van der Waals surface area contributed by atoms with Gasteiger partial charge in [0.15, 0.2) is 0 Å². The van der Waals surface area contributed by atoms with Crippen LogP contribution in [0, 0.1) is 6.92 Å². The van der Waals surface area contributed by atoms with Gasteiger partial charge in [-0.05, 0) is 25.4 Å². The summed E-state index contributed by atoms with van der Waals surface area (Å²) in [4.78, 5) is 4.44. The first-order chi connectivity index (χ1) is 8.08. The number of nitrogens with zero attached hydrogens (tertiary/aromatic N) is 2. The molecule has 17 heavy (non-hydrogen) atoms. The molecule has 4 nitrogen and oxygen atoms in total. The SMILES string of the molecule is C=C(C)CNc1snc(N)c1-c1nc(C)cs1. The van der Waals surface area contributed by atoms with Crippen molar-refractivity contribution in [1.82, 2.24) is 9.36 Å². The van der Waals surface area contributed by atoms with Crippen molar-refractivity contribution in [2.24, 2.45) is 0 Å². The minimum Gasteiger partial charge on any atom is -0.382 e. The lowest BCUT2D eigenvalue weighted by atomic mass is 10.3. The van der Waals surface area contributed by atoms with Crippen LogP contribution in [0.2, 0.25) is 0 Å². The standard InChI is InChI=1S/C11H14N4S2/c1-6(2)4-13-10-8(9(12)15-17-10)11-14-7(3)5-16-11/h5,13H,1,4H2,2-3H3,(H2,12,15). The number of hydrogen-bond acceptors (Lipinski definition) is 6. The smallest absolute Gasteiger partial charge is 0.149 e. The Hall–Kier alpha value is -1.40. The first-order valence-corrected chi connectivity index (χ1v) is 6.79. The molecule has 0 radical (unpaired) electrons. The van der Waals surface area contributed by atoms with Crippen LogP contribution in [-0.2, 0) is 0 Å². The summed E-state index contributed by atoms with van der Waals surface area (Å²) in [6, 6.07) is 0. The monoisotopic (exact) mass is 266 g/mol. The molecule has 0 amide bonds. The maximum atomic E-state index is 5.89. The molecular weight excluding hydrogens is 252 g/mol. The van der Waals surface area contributed by atoms with Gasteiger partial charge in [0.05, 0.1) is 5.56 Å². The molecule has 0 aromatic carbocycles. The fourth-order valence-electron chi connectivity index (χ4n) is 1.33. The molecule has 0 aliphatic heterocycles. The summed E-state index contributed by atoms with van der Waals surface area (Å²) in [5, 5.41) is 7.17. The van der Waals surface area contributed by atoms with E-state index in [9.17, 15) is 0 Å². The van der Waals surface area contributed by atoms with E-state index in [4.69, 9.17) is 5.73 Å². The number of nitrogens with one attached hydrogen (secondary N) is 1. The maximum absolute atomic E-state index is 5.89. The van der Waals surface area contributed by atoms with E-state index >= 15 is 0 Å². The average molecular weight is 266 g/mol. The van der Waals surface area contributed by atoms with E-state index in [2.05, 4.69) is 21.3 Å². The second kappa shape index (κ2) is 4.85. The Morgan fingerprint density at radius 1 is 1.59 bits per heavy atom. The quantitative estimate of drug-likeness (QED) is 0.834. The first-order valence-electron chi connectivity index (χ1n) is 5.14. The molecule has 3 N–H and O–H groups in total. The maximum Gasteiger partial charge on any atom is 0.149 e. The minimum atomic E-state index is 0.536. The molecule has 0 aliphatic rings. The molecule has 2 aromatic rings. The first kappa shape index (κ1) is 12.1. The van der Waals surface area contributed by atoms with Gasteiger partial charge in [0.2, 0.25) is 0 Å². The van der Waals surface area contributed by atoms with Crippen LogP contribution in [0.5, 0.6) is 0 Å². The lowest BCUT2D eigenvalue weighted by Crippen LogP contribution is -2.01. The topological polar surface area (TPSA) is 63.8 Å². The van der Waals surface area contributed by atoms with Crippen molar-refractivity contribution < 1.29 is 0 Å². The lowest BCUT2D eigenvalue weighted by molar-refractivity contribution is 1.22. The normalized spacial score (nSPS) is 10.5. The highest BCUT2D eigenvalue weighted by molar-refractivity contribution is 7.15. The number of rotatable bonds is 4. The Morgan fingerprint density at radius 3 is 2.94 bits per heavy atom. The van der Waals surface area contributed by atoms with Gasteiger partial charge in [-0.1, -0.05) is 12.2 Å². The molecule has 0 atom stereocenters. The van der Waals surface area contributed by atoms with Crippen LogP contribution in [-0.4, -0.2) is 15.9 Å². The number of aromatic nitrogens is 2. The second-order valence-electron chi connectivity index (χ2n) is 3.88. The van der Waals surface area contributed by atoms with Crippen molar-refractivity contribution in [3.63, 3.8) is 0 Å². The third kappa shape index (κ3) is 2.65. The van der Waals surface area contributed by atoms with Crippen molar-refractivity contribution in [2.45, 2.75) is 13.8 Å². The van der Waals surface area contributed by atoms with E-state index in [1.807, 2.05) is 19.2 Å². The van der Waals surface area contributed by atoms with Crippen molar-refractivity contribution in [1.29, 1.82) is 0 Å². The largest absolute Gasteiger partial charge is 0.382 e. The zero-order valence-electron chi connectivity index (χ0n) is 9.78. The predicted molar refractivity (Wildman–Crippen MR) is 75.7 cm³/mol. The summed E-state index contributed by atoms with van der Waals surface area (Å²) in [5.74, 6) is 0.536. The Morgan fingerprint density at radius 2 is 2.35 bits per heavy atom. The molecular formula is C11H14N4S2. The van der Waals surface area contributed by atoms with E-state index in [1.165, 1.54) is 11.5 Å². The van der Waals surface area contributed by atoms with E-state index in [0.717, 1.165) is 33.4 Å². The summed E-state index contributed by atoms with van der Waals surface area (Å²) >= 11 is 2.94. The molecule has 0 aliphatic carbocycles. The Kier molecular flexibility index (Phi) is 3.44. The molecule has 0 bridgehead atoms. The molecule has 90 valence electrons. The van der Waals surface area contributed by atoms with Gasteiger partial charge in [-0.15, -0.1) is 11.3 Å². The van der Waals surface area contributed by atoms with E-state index in [-0.39, 0.29) is 0 Å². The summed E-state index contributed by atoms with van der Waals surface area (Å²) in [6.07, 6.45) is 0. The number of anilines is 2. The number of hydrogen-bond donors (Lipinski definition) is 2. The second-order valence-corrected chi connectivity index (χ2v) is 5.51. The van der Waals surface area contributed by atoms with Crippen molar-refractivity contribution >= 4 is 33.7 Å². The zero-order chi connectivity index (χ0) is 12.4. The van der Waals surface area contributed by atoms with Gasteiger partial charge in [-0.25, -0.2) is 4.98 Å². The van der Waals surface area contributed by atoms with Crippen LogP contribution in [0.15, 0.2) is 17.5 Å². The van der Waals surface area contributed by atoms with Crippen LogP contribution < -0.4 is 11.1 Å². The summed E-state index contributed by atoms with van der Waals surface area (Å²) in [5.41, 5.74) is 8.87. The molecule has 0 spiro atoms. The number of nitrogen functional groups attached to an aromatic ring is 1. The highest BCUT2D eigenvalue weighted by Gasteiger charge is 2.16. The minimum absolute atomic E-state index is 0.536. The Bertz CT molecular complexity index is 541. The molecule has 0 saturated heterocycles. The average Bonchev–Trinajstić information content (AvgIpc) is 2.82. The van der Waals surface area contributed by atoms with Gasteiger partial charge in [0.25, 0.3) is 0 Å². The predicted octanol–water partition coefficient (Wildman–Crippen LogP) is 3.15. The highest BCUT2D eigenvalue weighted by Crippen LogP contribution is 2.38. The molecule has 0 fully saturated rings. The van der Waals surface area contributed by atoms with Crippen molar-refractivity contribution in [3.05, 3.63) is 23.2 Å². The Labute approximate surface area is 108 Å². The molecule has 0 unspecified atom stereocenters. The van der Waals surface area contributed by atoms with Gasteiger partial charge in [-0.3, -0.25) is 0 Å². The summed E-state index contributed by atoms with van der Waals surface area (Å²) in [6.45, 7) is 8.53. The van der Waals surface area contributed by atoms with E-state index in [1.54, 1.807) is 11.3 Å². The van der Waals surface area contributed by atoms with Crippen LogP contribution in [0.4, 0.5) is 10.8 Å². The van der Waals surface area contributed by atoms with Crippen LogP contribution >= 0.6 is 22.9 Å².